The van der Waals surface area contributed by atoms with Gasteiger partial charge in [-0.2, -0.15) is 0 Å². The van der Waals surface area contributed by atoms with Gasteiger partial charge in [0.1, 0.15) is 5.75 Å². The first-order valence-electron chi connectivity index (χ1n) is 6.26. The minimum Gasteiger partial charge on any atom is -0.508 e. The van der Waals surface area contributed by atoms with Crippen LogP contribution in [0.15, 0.2) is 48.5 Å². The number of hydrogen-bond acceptors (Lipinski definition) is 3. The van der Waals surface area contributed by atoms with Crippen molar-refractivity contribution in [2.24, 2.45) is 5.73 Å². The van der Waals surface area contributed by atoms with Crippen LogP contribution in [0.3, 0.4) is 0 Å². The fourth-order valence-corrected chi connectivity index (χ4v) is 1.96. The second-order valence-corrected chi connectivity index (χ2v) is 4.53. The van der Waals surface area contributed by atoms with Gasteiger partial charge in [0.05, 0.1) is 0 Å². The highest BCUT2D eigenvalue weighted by Crippen LogP contribution is 2.23. The molecule has 0 aliphatic carbocycles. The summed E-state index contributed by atoms with van der Waals surface area (Å²) >= 11 is 0. The molecule has 1 atom stereocenters. The number of carbonyl (C=O) groups excluding carboxylic acids is 1. The molecule has 2 aromatic carbocycles. The molecule has 0 radical (unpaired) electrons. The Bertz CT molecular complexity index is 614. The molecule has 5 nitrogen and oxygen atoms in total. The first-order chi connectivity index (χ1) is 9.54. The van der Waals surface area contributed by atoms with Crippen LogP contribution in [0.5, 0.6) is 5.75 Å². The molecule has 5 heteroatoms. The number of primary amides is 1. The lowest BCUT2D eigenvalue weighted by atomic mass is 10.1. The summed E-state index contributed by atoms with van der Waals surface area (Å²) in [7, 11) is 0. The van der Waals surface area contributed by atoms with Crippen molar-refractivity contribution in [3.8, 4) is 5.75 Å². The average molecular weight is 271 g/mol. The number of hydrogen-bond donors (Lipinski definition) is 4. The average Bonchev–Trinajstić information content (AvgIpc) is 2.38. The number of aromatic hydroxyl groups is 1. The lowest BCUT2D eigenvalue weighted by molar-refractivity contribution is 0.259. The lowest BCUT2D eigenvalue weighted by Gasteiger charge is -2.16. The Labute approximate surface area is 117 Å². The molecule has 2 aromatic rings. The number of amides is 2. The molecule has 2 amide bonds. The molecule has 0 aliphatic heterocycles. The summed E-state index contributed by atoms with van der Waals surface area (Å²) in [5, 5.41) is 15.3. The zero-order valence-electron chi connectivity index (χ0n) is 11.1. The minimum absolute atomic E-state index is 0.0194. The van der Waals surface area contributed by atoms with Crippen molar-refractivity contribution in [3.63, 3.8) is 0 Å². The topological polar surface area (TPSA) is 87.4 Å². The van der Waals surface area contributed by atoms with Crippen LogP contribution in [0.1, 0.15) is 18.5 Å². The molecule has 0 fully saturated rings. The van der Waals surface area contributed by atoms with Gasteiger partial charge in [-0.3, -0.25) is 0 Å². The van der Waals surface area contributed by atoms with E-state index in [1.54, 1.807) is 30.3 Å². The van der Waals surface area contributed by atoms with Crippen LogP contribution < -0.4 is 16.4 Å². The molecular formula is C15H17N3O2. The summed E-state index contributed by atoms with van der Waals surface area (Å²) in [6.07, 6.45) is 0. The molecule has 0 saturated heterocycles. The summed E-state index contributed by atoms with van der Waals surface area (Å²) in [6, 6.07) is 13.8. The van der Waals surface area contributed by atoms with Gasteiger partial charge in [-0.05, 0) is 42.8 Å². The predicted molar refractivity (Wildman–Crippen MR) is 79.8 cm³/mol. The fourth-order valence-electron chi connectivity index (χ4n) is 1.96. The lowest BCUT2D eigenvalue weighted by Crippen LogP contribution is -2.19. The van der Waals surface area contributed by atoms with Crippen molar-refractivity contribution in [2.75, 3.05) is 10.6 Å². The standard InChI is InChI=1S/C15H17N3O2/c1-10(11-4-2-7-14(19)8-11)17-12-5-3-6-13(9-12)18-15(16)20/h2-10,17,19H,1H3,(H3,16,18,20). The van der Waals surface area contributed by atoms with E-state index in [4.69, 9.17) is 5.73 Å². The van der Waals surface area contributed by atoms with Crippen molar-refractivity contribution in [2.45, 2.75) is 13.0 Å². The van der Waals surface area contributed by atoms with Crippen LogP contribution in [0.2, 0.25) is 0 Å². The molecule has 0 bridgehead atoms. The van der Waals surface area contributed by atoms with E-state index in [1.807, 2.05) is 25.1 Å². The second kappa shape index (κ2) is 5.97. The van der Waals surface area contributed by atoms with Gasteiger partial charge < -0.3 is 21.5 Å². The molecule has 20 heavy (non-hydrogen) atoms. The molecule has 1 unspecified atom stereocenters. The van der Waals surface area contributed by atoms with Gasteiger partial charge >= 0.3 is 6.03 Å². The molecule has 0 aromatic heterocycles. The Morgan fingerprint density at radius 1 is 1.15 bits per heavy atom. The smallest absolute Gasteiger partial charge is 0.316 e. The zero-order valence-corrected chi connectivity index (χ0v) is 11.1. The van der Waals surface area contributed by atoms with Crippen molar-refractivity contribution >= 4 is 17.4 Å². The predicted octanol–water partition coefficient (Wildman–Crippen LogP) is 3.06. The first-order valence-corrected chi connectivity index (χ1v) is 6.26. The van der Waals surface area contributed by atoms with Crippen LogP contribution >= 0.6 is 0 Å². The van der Waals surface area contributed by atoms with Crippen molar-refractivity contribution in [3.05, 3.63) is 54.1 Å². The normalized spacial score (nSPS) is 11.7. The summed E-state index contributed by atoms with van der Waals surface area (Å²) in [5.41, 5.74) is 7.54. The van der Waals surface area contributed by atoms with Crippen molar-refractivity contribution < 1.29 is 9.90 Å². The Kier molecular flexibility index (Phi) is 4.10. The number of carbonyl (C=O) groups is 1. The summed E-state index contributed by atoms with van der Waals surface area (Å²) in [5.74, 6) is 0.236. The fraction of sp³-hybridized carbons (Fsp3) is 0.133. The van der Waals surface area contributed by atoms with Crippen LogP contribution in [0.25, 0.3) is 0 Å². The van der Waals surface area contributed by atoms with Crippen LogP contribution in [0.4, 0.5) is 16.2 Å². The largest absolute Gasteiger partial charge is 0.508 e. The molecular weight excluding hydrogens is 254 g/mol. The summed E-state index contributed by atoms with van der Waals surface area (Å²) in [4.78, 5) is 10.8. The molecule has 0 saturated carbocycles. The van der Waals surface area contributed by atoms with Crippen LogP contribution in [-0.4, -0.2) is 11.1 Å². The van der Waals surface area contributed by atoms with E-state index in [2.05, 4.69) is 10.6 Å². The van der Waals surface area contributed by atoms with Gasteiger partial charge in [0.25, 0.3) is 0 Å². The van der Waals surface area contributed by atoms with E-state index >= 15 is 0 Å². The number of phenolic OH excluding ortho intramolecular Hbond substituents is 1. The maximum Gasteiger partial charge on any atom is 0.316 e. The third-order valence-electron chi connectivity index (χ3n) is 2.88. The quantitative estimate of drug-likeness (QED) is 0.689. The van der Waals surface area contributed by atoms with Gasteiger partial charge in [-0.15, -0.1) is 0 Å². The Morgan fingerprint density at radius 3 is 2.55 bits per heavy atom. The van der Waals surface area contributed by atoms with Gasteiger partial charge in [-0.25, -0.2) is 4.79 Å². The highest BCUT2D eigenvalue weighted by atomic mass is 16.3. The van der Waals surface area contributed by atoms with E-state index in [9.17, 15) is 9.90 Å². The number of urea groups is 1. The highest BCUT2D eigenvalue weighted by Gasteiger charge is 2.06. The molecule has 0 spiro atoms. The number of nitrogens with two attached hydrogens (primary N) is 1. The highest BCUT2D eigenvalue weighted by molar-refractivity contribution is 5.88. The van der Waals surface area contributed by atoms with Crippen LogP contribution in [-0.2, 0) is 0 Å². The number of phenols is 1. The van der Waals surface area contributed by atoms with E-state index in [0.29, 0.717) is 5.69 Å². The van der Waals surface area contributed by atoms with Gasteiger partial charge in [0.15, 0.2) is 0 Å². The molecule has 5 N–H and O–H groups in total. The molecule has 0 aliphatic rings. The van der Waals surface area contributed by atoms with Gasteiger partial charge in [-0.1, -0.05) is 18.2 Å². The van der Waals surface area contributed by atoms with E-state index in [1.165, 1.54) is 0 Å². The van der Waals surface area contributed by atoms with Crippen LogP contribution in [0, 0.1) is 0 Å². The number of benzene rings is 2. The zero-order chi connectivity index (χ0) is 14.5. The van der Waals surface area contributed by atoms with Crippen molar-refractivity contribution in [1.29, 1.82) is 0 Å². The van der Waals surface area contributed by atoms with E-state index < -0.39 is 6.03 Å². The monoisotopic (exact) mass is 271 g/mol. The Morgan fingerprint density at radius 2 is 1.85 bits per heavy atom. The first kappa shape index (κ1) is 13.7. The Balaban J connectivity index is 2.11. The minimum atomic E-state index is -0.594. The van der Waals surface area contributed by atoms with Gasteiger partial charge in [0.2, 0.25) is 0 Å². The van der Waals surface area contributed by atoms with Crippen molar-refractivity contribution in [1.82, 2.24) is 0 Å². The molecule has 0 heterocycles. The Hall–Kier alpha value is -2.69. The molecule has 104 valence electrons. The van der Waals surface area contributed by atoms with E-state index in [0.717, 1.165) is 11.3 Å². The maximum atomic E-state index is 10.8. The summed E-state index contributed by atoms with van der Waals surface area (Å²) in [6.45, 7) is 1.99. The number of nitrogens with one attached hydrogen (secondary N) is 2. The third-order valence-corrected chi connectivity index (χ3v) is 2.88. The number of rotatable bonds is 4. The second-order valence-electron chi connectivity index (χ2n) is 4.53. The maximum absolute atomic E-state index is 10.8. The number of anilines is 2. The summed E-state index contributed by atoms with van der Waals surface area (Å²) < 4.78 is 0. The third kappa shape index (κ3) is 3.65. The van der Waals surface area contributed by atoms with Gasteiger partial charge in [0, 0.05) is 17.4 Å². The molecule has 2 rings (SSSR count). The SMILES string of the molecule is CC(Nc1cccc(NC(N)=O)c1)c1cccc(O)c1. The van der Waals surface area contributed by atoms with E-state index in [-0.39, 0.29) is 11.8 Å².